The fraction of sp³-hybridized carbons (Fsp3) is 0.529. The van der Waals surface area contributed by atoms with Gasteiger partial charge in [0.05, 0.1) is 12.3 Å². The molecular weight excluding hydrogens is 292 g/mol. The number of hydrogen-bond donors (Lipinski definition) is 0. The highest BCUT2D eigenvalue weighted by molar-refractivity contribution is 5.46. The van der Waals surface area contributed by atoms with Crippen LogP contribution in [0.5, 0.6) is 0 Å². The zero-order valence-electron chi connectivity index (χ0n) is 13.9. The third kappa shape index (κ3) is 3.77. The molecule has 3 rings (SSSR count). The number of fused-ring (bicyclic) bond motifs is 1. The average molecular weight is 316 g/mol. The number of aromatic nitrogens is 2. The molecule has 3 heterocycles. The van der Waals surface area contributed by atoms with E-state index in [9.17, 15) is 4.79 Å². The summed E-state index contributed by atoms with van der Waals surface area (Å²) in [6.45, 7) is 8.56. The molecule has 0 bridgehead atoms. The second-order valence-corrected chi connectivity index (χ2v) is 6.08. The molecule has 0 aliphatic carbocycles. The molecule has 1 aliphatic rings. The molecule has 1 saturated heterocycles. The Morgan fingerprint density at radius 2 is 1.96 bits per heavy atom. The quantitative estimate of drug-likeness (QED) is 0.815. The summed E-state index contributed by atoms with van der Waals surface area (Å²) in [5.41, 5.74) is 2.63. The molecule has 23 heavy (non-hydrogen) atoms. The molecule has 1 aliphatic heterocycles. The smallest absolute Gasteiger partial charge is 0.258 e. The number of piperazine rings is 1. The summed E-state index contributed by atoms with van der Waals surface area (Å²) in [5.74, 6) is 0. The first-order chi connectivity index (χ1) is 11.2. The molecule has 124 valence electrons. The fourth-order valence-electron chi connectivity index (χ4n) is 3.01. The van der Waals surface area contributed by atoms with Gasteiger partial charge in [0.2, 0.25) is 0 Å². The predicted molar refractivity (Wildman–Crippen MR) is 89.8 cm³/mol. The van der Waals surface area contributed by atoms with Gasteiger partial charge in [0, 0.05) is 58.6 Å². The molecule has 0 spiro atoms. The van der Waals surface area contributed by atoms with E-state index in [4.69, 9.17) is 4.74 Å². The molecule has 6 nitrogen and oxygen atoms in total. The molecule has 0 aromatic carbocycles. The van der Waals surface area contributed by atoms with E-state index in [2.05, 4.69) is 14.8 Å². The van der Waals surface area contributed by atoms with Crippen LogP contribution in [0.2, 0.25) is 0 Å². The van der Waals surface area contributed by atoms with Crippen LogP contribution >= 0.6 is 0 Å². The first kappa shape index (κ1) is 16.1. The zero-order chi connectivity index (χ0) is 16.2. The second kappa shape index (κ2) is 7.21. The lowest BCUT2D eigenvalue weighted by atomic mass is 10.2. The minimum atomic E-state index is -0.00701. The van der Waals surface area contributed by atoms with E-state index in [1.807, 2.05) is 19.1 Å². The zero-order valence-corrected chi connectivity index (χ0v) is 13.9. The van der Waals surface area contributed by atoms with E-state index in [1.165, 1.54) is 0 Å². The summed E-state index contributed by atoms with van der Waals surface area (Å²) >= 11 is 0. The van der Waals surface area contributed by atoms with Gasteiger partial charge in [0.15, 0.2) is 0 Å². The van der Waals surface area contributed by atoms with Gasteiger partial charge in [-0.3, -0.25) is 19.0 Å². The van der Waals surface area contributed by atoms with E-state index in [0.29, 0.717) is 0 Å². The van der Waals surface area contributed by atoms with Crippen molar-refractivity contribution in [3.8, 4) is 0 Å². The summed E-state index contributed by atoms with van der Waals surface area (Å²) in [7, 11) is 1.74. The third-order valence-corrected chi connectivity index (χ3v) is 4.40. The lowest BCUT2D eigenvalue weighted by Crippen LogP contribution is -2.46. The molecule has 0 saturated carbocycles. The summed E-state index contributed by atoms with van der Waals surface area (Å²) in [6.07, 6.45) is 1.77. The maximum absolute atomic E-state index is 12.2. The minimum Gasteiger partial charge on any atom is -0.383 e. The molecule has 0 amide bonds. The fourth-order valence-corrected chi connectivity index (χ4v) is 3.01. The van der Waals surface area contributed by atoms with Crippen molar-refractivity contribution in [1.29, 1.82) is 0 Å². The van der Waals surface area contributed by atoms with Gasteiger partial charge in [-0.25, -0.2) is 4.98 Å². The molecule has 0 atom stereocenters. The minimum absolute atomic E-state index is 0.00701. The monoisotopic (exact) mass is 316 g/mol. The normalized spacial score (nSPS) is 17.0. The van der Waals surface area contributed by atoms with Crippen LogP contribution < -0.4 is 5.56 Å². The van der Waals surface area contributed by atoms with Crippen molar-refractivity contribution in [3.63, 3.8) is 0 Å². The van der Waals surface area contributed by atoms with Crippen LogP contribution in [0.15, 0.2) is 29.2 Å². The number of hydrogen-bond acceptors (Lipinski definition) is 5. The second-order valence-electron chi connectivity index (χ2n) is 6.08. The van der Waals surface area contributed by atoms with Crippen molar-refractivity contribution in [2.75, 3.05) is 46.4 Å². The predicted octanol–water partition coefficient (Wildman–Crippen LogP) is 0.767. The van der Waals surface area contributed by atoms with Crippen LogP contribution in [-0.4, -0.2) is 65.6 Å². The Morgan fingerprint density at radius 3 is 2.70 bits per heavy atom. The highest BCUT2D eigenvalue weighted by Crippen LogP contribution is 2.09. The Morgan fingerprint density at radius 1 is 1.22 bits per heavy atom. The lowest BCUT2D eigenvalue weighted by molar-refractivity contribution is 0.0932. The number of methoxy groups -OCH3 is 1. The van der Waals surface area contributed by atoms with Gasteiger partial charge in [0.1, 0.15) is 5.65 Å². The Hall–Kier alpha value is -1.76. The number of pyridine rings is 1. The van der Waals surface area contributed by atoms with Gasteiger partial charge in [-0.05, 0) is 18.6 Å². The number of nitrogens with zero attached hydrogens (tertiary/aromatic N) is 4. The Kier molecular flexibility index (Phi) is 5.05. The van der Waals surface area contributed by atoms with Crippen molar-refractivity contribution >= 4 is 5.65 Å². The average Bonchev–Trinajstić information content (AvgIpc) is 2.55. The first-order valence-electron chi connectivity index (χ1n) is 8.09. The standard InChI is InChI=1S/C17H24N4O2/c1-14-4-3-5-21-16(22)12-15(18-17(14)21)13-20-8-6-19(7-9-20)10-11-23-2/h3-5,12H,6-11,13H2,1-2H3. The summed E-state index contributed by atoms with van der Waals surface area (Å²) in [6, 6.07) is 5.52. The molecule has 2 aromatic heterocycles. The van der Waals surface area contributed by atoms with Crippen LogP contribution in [0.1, 0.15) is 11.3 Å². The highest BCUT2D eigenvalue weighted by Gasteiger charge is 2.17. The van der Waals surface area contributed by atoms with Crippen molar-refractivity contribution in [2.24, 2.45) is 0 Å². The van der Waals surface area contributed by atoms with E-state index in [0.717, 1.165) is 62.8 Å². The Balaban J connectivity index is 1.68. The number of aryl methyl sites for hydroxylation is 1. The van der Waals surface area contributed by atoms with Gasteiger partial charge in [-0.15, -0.1) is 0 Å². The van der Waals surface area contributed by atoms with Crippen LogP contribution in [0.3, 0.4) is 0 Å². The third-order valence-electron chi connectivity index (χ3n) is 4.40. The summed E-state index contributed by atoms with van der Waals surface area (Å²) < 4.78 is 6.74. The van der Waals surface area contributed by atoms with Gasteiger partial charge < -0.3 is 4.74 Å². The van der Waals surface area contributed by atoms with Crippen LogP contribution in [0.4, 0.5) is 0 Å². The Bertz CT molecular complexity index is 720. The number of ether oxygens (including phenoxy) is 1. The molecule has 1 fully saturated rings. The van der Waals surface area contributed by atoms with Crippen molar-refractivity contribution < 1.29 is 4.74 Å². The van der Waals surface area contributed by atoms with Gasteiger partial charge in [-0.2, -0.15) is 0 Å². The molecule has 2 aromatic rings. The molecule has 6 heteroatoms. The topological polar surface area (TPSA) is 50.1 Å². The SMILES string of the molecule is COCCN1CCN(Cc2cc(=O)n3cccc(C)c3n2)CC1. The van der Waals surface area contributed by atoms with Crippen molar-refractivity contribution in [2.45, 2.75) is 13.5 Å². The van der Waals surface area contributed by atoms with Crippen molar-refractivity contribution in [1.82, 2.24) is 19.2 Å². The van der Waals surface area contributed by atoms with Gasteiger partial charge >= 0.3 is 0 Å². The summed E-state index contributed by atoms with van der Waals surface area (Å²) in [5, 5.41) is 0. The van der Waals surface area contributed by atoms with E-state index >= 15 is 0 Å². The highest BCUT2D eigenvalue weighted by atomic mass is 16.5. The first-order valence-corrected chi connectivity index (χ1v) is 8.09. The molecule has 0 N–H and O–H groups in total. The van der Waals surface area contributed by atoms with Gasteiger partial charge in [0.25, 0.3) is 5.56 Å². The van der Waals surface area contributed by atoms with Gasteiger partial charge in [-0.1, -0.05) is 6.07 Å². The largest absolute Gasteiger partial charge is 0.383 e. The maximum atomic E-state index is 12.2. The van der Waals surface area contributed by atoms with Crippen LogP contribution in [0.25, 0.3) is 5.65 Å². The summed E-state index contributed by atoms with van der Waals surface area (Å²) in [4.78, 5) is 21.7. The molecule has 0 unspecified atom stereocenters. The van der Waals surface area contributed by atoms with Crippen LogP contribution in [0, 0.1) is 6.92 Å². The molecular formula is C17H24N4O2. The van der Waals surface area contributed by atoms with E-state index < -0.39 is 0 Å². The lowest BCUT2D eigenvalue weighted by Gasteiger charge is -2.34. The number of rotatable bonds is 5. The molecule has 0 radical (unpaired) electrons. The maximum Gasteiger partial charge on any atom is 0.258 e. The van der Waals surface area contributed by atoms with Crippen LogP contribution in [-0.2, 0) is 11.3 Å². The Labute approximate surface area is 136 Å². The van der Waals surface area contributed by atoms with E-state index in [-0.39, 0.29) is 5.56 Å². The van der Waals surface area contributed by atoms with E-state index in [1.54, 1.807) is 23.8 Å². The van der Waals surface area contributed by atoms with Crippen molar-refractivity contribution in [3.05, 3.63) is 46.0 Å².